The molecule has 0 fully saturated rings. The molecule has 0 aromatic rings. The van der Waals surface area contributed by atoms with Gasteiger partial charge in [-0.3, -0.25) is 0 Å². The van der Waals surface area contributed by atoms with Gasteiger partial charge in [-0.05, 0) is 26.2 Å². The molecule has 1 atom stereocenters. The molecule has 0 heterocycles. The van der Waals surface area contributed by atoms with Crippen LogP contribution >= 0.6 is 0 Å². The maximum Gasteiger partial charge on any atom is 0.0805 e. The topological polar surface area (TPSA) is 18.5 Å². The average Bonchev–Trinajstić information content (AvgIpc) is 2.02. The van der Waals surface area contributed by atoms with Gasteiger partial charge in [0.25, 0.3) is 0 Å². The van der Waals surface area contributed by atoms with Crippen LogP contribution in [0.4, 0.5) is 0 Å². The van der Waals surface area contributed by atoms with Gasteiger partial charge in [0.2, 0.25) is 0 Å². The molecule has 0 amide bonds. The molecular weight excluding hydrogens is 175 g/mol. The van der Waals surface area contributed by atoms with Crippen molar-refractivity contribution in [3.05, 3.63) is 0 Å². The van der Waals surface area contributed by atoms with Gasteiger partial charge in [-0.1, -0.05) is 20.2 Å². The predicted octanol–water partition coefficient (Wildman–Crippen LogP) is 2.43. The van der Waals surface area contributed by atoms with E-state index < -0.39 is 0 Å². The van der Waals surface area contributed by atoms with Crippen molar-refractivity contribution in [2.45, 2.75) is 52.6 Å². The highest BCUT2D eigenvalue weighted by Crippen LogP contribution is 2.06. The van der Waals surface area contributed by atoms with Gasteiger partial charge in [0.05, 0.1) is 26.7 Å². The molecule has 0 rings (SSSR count). The first-order valence-corrected chi connectivity index (χ1v) is 5.49. The fourth-order valence-corrected chi connectivity index (χ4v) is 1.20. The molecule has 0 aliphatic heterocycles. The molecule has 0 spiro atoms. The van der Waals surface area contributed by atoms with E-state index in [1.807, 2.05) is 13.8 Å². The van der Waals surface area contributed by atoms with Crippen molar-refractivity contribution < 1.29 is 9.47 Å². The van der Waals surface area contributed by atoms with Crippen molar-refractivity contribution in [2.75, 3.05) is 13.2 Å². The second-order valence-electron chi connectivity index (χ2n) is 4.32. The Bertz CT molecular complexity index is 126. The Kier molecular flexibility index (Phi) is 8.30. The molecule has 0 aliphatic carbocycles. The Hall–Kier alpha value is -0.0151. The van der Waals surface area contributed by atoms with E-state index in [1.54, 1.807) is 0 Å². The first kappa shape index (κ1) is 14.0. The predicted molar refractivity (Wildman–Crippen MR) is 60.8 cm³/mol. The lowest BCUT2D eigenvalue weighted by Gasteiger charge is -2.20. The van der Waals surface area contributed by atoms with Crippen molar-refractivity contribution >= 4 is 7.85 Å². The largest absolute Gasteiger partial charge is 0.378 e. The van der Waals surface area contributed by atoms with E-state index >= 15 is 0 Å². The summed E-state index contributed by atoms with van der Waals surface area (Å²) in [5, 5.41) is 0. The summed E-state index contributed by atoms with van der Waals surface area (Å²) in [5.41, 5.74) is 0. The Balaban J connectivity index is 3.61. The lowest BCUT2D eigenvalue weighted by atomic mass is 9.99. The van der Waals surface area contributed by atoms with E-state index in [-0.39, 0.29) is 12.2 Å². The Morgan fingerprint density at radius 2 is 1.71 bits per heavy atom. The monoisotopic (exact) mass is 198 g/mol. The molecule has 0 saturated carbocycles. The number of ether oxygens (including phenoxy) is 2. The van der Waals surface area contributed by atoms with Crippen molar-refractivity contribution in [1.29, 1.82) is 0 Å². The summed E-state index contributed by atoms with van der Waals surface area (Å²) in [5.74, 6) is 0.576. The van der Waals surface area contributed by atoms with Crippen LogP contribution in [0.5, 0.6) is 0 Å². The van der Waals surface area contributed by atoms with Crippen LogP contribution in [-0.2, 0) is 9.47 Å². The molecule has 14 heavy (non-hydrogen) atoms. The molecule has 0 aliphatic rings. The van der Waals surface area contributed by atoms with Gasteiger partial charge < -0.3 is 9.47 Å². The van der Waals surface area contributed by atoms with Gasteiger partial charge in [0.1, 0.15) is 0 Å². The smallest absolute Gasteiger partial charge is 0.0805 e. The highest BCUT2D eigenvalue weighted by Gasteiger charge is 2.10. The highest BCUT2D eigenvalue weighted by atomic mass is 16.5. The van der Waals surface area contributed by atoms with Crippen LogP contribution in [-0.4, -0.2) is 33.3 Å². The summed E-state index contributed by atoms with van der Waals surface area (Å²) in [6, 6.07) is 0. The number of hydrogen-bond acceptors (Lipinski definition) is 2. The zero-order chi connectivity index (χ0) is 11.0. The minimum Gasteiger partial charge on any atom is -0.378 e. The third-order valence-corrected chi connectivity index (χ3v) is 1.71. The van der Waals surface area contributed by atoms with E-state index in [0.717, 1.165) is 13.0 Å². The van der Waals surface area contributed by atoms with Crippen LogP contribution in [0.25, 0.3) is 0 Å². The quantitative estimate of drug-likeness (QED) is 0.557. The van der Waals surface area contributed by atoms with Gasteiger partial charge >= 0.3 is 0 Å². The zero-order valence-electron chi connectivity index (χ0n) is 9.95. The molecular formula is C11H23BO2. The van der Waals surface area contributed by atoms with Crippen LogP contribution < -0.4 is 0 Å². The van der Waals surface area contributed by atoms with Gasteiger partial charge in [-0.15, -0.1) is 0 Å². The van der Waals surface area contributed by atoms with Crippen LogP contribution in [0.2, 0.25) is 6.32 Å². The highest BCUT2D eigenvalue weighted by molar-refractivity contribution is 6.08. The minimum absolute atomic E-state index is 0.152. The normalized spacial score (nSPS) is 13.9. The third kappa shape index (κ3) is 8.58. The lowest BCUT2D eigenvalue weighted by molar-refractivity contribution is -0.0496. The fourth-order valence-electron chi connectivity index (χ4n) is 1.20. The van der Waals surface area contributed by atoms with Crippen molar-refractivity contribution in [1.82, 2.24) is 0 Å². The first-order chi connectivity index (χ1) is 6.56. The van der Waals surface area contributed by atoms with E-state index in [2.05, 4.69) is 13.8 Å². The molecule has 0 bridgehead atoms. The second kappa shape index (κ2) is 8.31. The van der Waals surface area contributed by atoms with Crippen LogP contribution in [0.1, 0.15) is 34.1 Å². The van der Waals surface area contributed by atoms with Gasteiger partial charge in [0.15, 0.2) is 0 Å². The molecule has 2 nitrogen and oxygen atoms in total. The van der Waals surface area contributed by atoms with Crippen molar-refractivity contribution in [3.8, 4) is 0 Å². The lowest BCUT2D eigenvalue weighted by Crippen LogP contribution is -2.24. The summed E-state index contributed by atoms with van der Waals surface area (Å²) in [6.07, 6.45) is 1.92. The first-order valence-electron chi connectivity index (χ1n) is 5.49. The molecule has 0 saturated heterocycles. The second-order valence-corrected chi connectivity index (χ2v) is 4.32. The summed E-state index contributed by atoms with van der Waals surface area (Å²) in [7, 11) is 5.50. The zero-order valence-corrected chi connectivity index (χ0v) is 9.95. The molecule has 1 unspecified atom stereocenters. The Morgan fingerprint density at radius 3 is 2.14 bits per heavy atom. The summed E-state index contributed by atoms with van der Waals surface area (Å²) >= 11 is 0. The molecule has 2 radical (unpaired) electrons. The minimum atomic E-state index is 0.152. The molecule has 0 aromatic heterocycles. The van der Waals surface area contributed by atoms with Crippen LogP contribution in [0.3, 0.4) is 0 Å². The Labute approximate surface area is 89.8 Å². The van der Waals surface area contributed by atoms with E-state index in [0.29, 0.717) is 18.8 Å². The molecule has 3 heteroatoms. The van der Waals surface area contributed by atoms with Gasteiger partial charge in [0, 0.05) is 6.61 Å². The maximum absolute atomic E-state index is 5.67. The number of hydrogen-bond donors (Lipinski definition) is 0. The summed E-state index contributed by atoms with van der Waals surface area (Å²) in [4.78, 5) is 0. The maximum atomic E-state index is 5.67. The SMILES string of the molecule is [B]CCC(COCC(C)C)OC(C)C. The summed E-state index contributed by atoms with van der Waals surface area (Å²) in [6.45, 7) is 9.80. The average molecular weight is 198 g/mol. The van der Waals surface area contributed by atoms with Gasteiger partial charge in [-0.25, -0.2) is 0 Å². The van der Waals surface area contributed by atoms with Crippen LogP contribution in [0.15, 0.2) is 0 Å². The molecule has 0 aromatic carbocycles. The van der Waals surface area contributed by atoms with Gasteiger partial charge in [-0.2, -0.15) is 0 Å². The molecule has 82 valence electrons. The van der Waals surface area contributed by atoms with Crippen molar-refractivity contribution in [2.24, 2.45) is 5.92 Å². The molecule has 0 N–H and O–H groups in total. The van der Waals surface area contributed by atoms with Crippen LogP contribution in [0, 0.1) is 5.92 Å². The number of rotatable bonds is 8. The van der Waals surface area contributed by atoms with Crippen molar-refractivity contribution in [3.63, 3.8) is 0 Å². The summed E-state index contributed by atoms with van der Waals surface area (Å²) < 4.78 is 11.2. The van der Waals surface area contributed by atoms with E-state index in [9.17, 15) is 0 Å². The Morgan fingerprint density at radius 1 is 1.07 bits per heavy atom. The standard InChI is InChI=1S/C11H23BO2/c1-9(2)7-13-8-11(5-6-12)14-10(3)4/h9-11H,5-8H2,1-4H3. The van der Waals surface area contributed by atoms with E-state index in [1.165, 1.54) is 0 Å². The third-order valence-electron chi connectivity index (χ3n) is 1.71. The van der Waals surface area contributed by atoms with E-state index in [4.69, 9.17) is 17.3 Å². The fraction of sp³-hybridized carbons (Fsp3) is 1.00.